The fourth-order valence-corrected chi connectivity index (χ4v) is 1.07. The topological polar surface area (TPSA) is 25.4 Å². The molecule has 72 valence electrons. The van der Waals surface area contributed by atoms with Crippen molar-refractivity contribution in [3.05, 3.63) is 23.9 Å². The minimum absolute atomic E-state index is 0.691. The number of ether oxygens (including phenoxy) is 1. The van der Waals surface area contributed by atoms with Gasteiger partial charge in [0, 0.05) is 18.8 Å². The molecule has 1 rings (SSSR count). The molecule has 0 aliphatic heterocycles. The normalized spacial score (nSPS) is 10.5. The summed E-state index contributed by atoms with van der Waals surface area (Å²) in [5.74, 6) is 0.691. The molecule has 1 heterocycles. The second-order valence-corrected chi connectivity index (χ2v) is 3.26. The molecule has 0 amide bonds. The van der Waals surface area contributed by atoms with Gasteiger partial charge in [0.2, 0.25) is 5.88 Å². The average molecular weight is 180 g/mol. The molecule has 1 aromatic rings. The molecular formula is C10H16N2O. The van der Waals surface area contributed by atoms with Gasteiger partial charge in [-0.25, -0.2) is 4.98 Å². The Morgan fingerprint density at radius 2 is 2.23 bits per heavy atom. The Balaban J connectivity index is 2.56. The van der Waals surface area contributed by atoms with E-state index in [1.165, 1.54) is 5.56 Å². The largest absolute Gasteiger partial charge is 0.481 e. The molecule has 0 unspecified atom stereocenters. The van der Waals surface area contributed by atoms with E-state index in [-0.39, 0.29) is 0 Å². The number of likely N-dealkylation sites (N-methyl/N-ethyl adjacent to an activating group) is 1. The van der Waals surface area contributed by atoms with Crippen molar-refractivity contribution in [3.63, 3.8) is 0 Å². The van der Waals surface area contributed by atoms with Gasteiger partial charge in [-0.15, -0.1) is 0 Å². The Morgan fingerprint density at radius 3 is 2.85 bits per heavy atom. The van der Waals surface area contributed by atoms with Gasteiger partial charge in [-0.2, -0.15) is 0 Å². The minimum atomic E-state index is 0.691. The lowest BCUT2D eigenvalue weighted by Crippen LogP contribution is -2.15. The molecule has 0 fully saturated rings. The lowest BCUT2D eigenvalue weighted by Gasteiger charge is -2.09. The van der Waals surface area contributed by atoms with Crippen LogP contribution < -0.4 is 4.74 Å². The van der Waals surface area contributed by atoms with Crippen LogP contribution in [0.2, 0.25) is 0 Å². The highest BCUT2D eigenvalue weighted by Crippen LogP contribution is 2.08. The zero-order chi connectivity index (χ0) is 9.68. The highest BCUT2D eigenvalue weighted by atomic mass is 16.5. The van der Waals surface area contributed by atoms with Gasteiger partial charge in [-0.05, 0) is 32.1 Å². The van der Waals surface area contributed by atoms with E-state index in [0.29, 0.717) is 5.88 Å². The van der Waals surface area contributed by atoms with Crippen LogP contribution in [0.15, 0.2) is 18.3 Å². The number of hydrogen-bond donors (Lipinski definition) is 0. The van der Waals surface area contributed by atoms with Gasteiger partial charge in [0.25, 0.3) is 0 Å². The smallest absolute Gasteiger partial charge is 0.213 e. The van der Waals surface area contributed by atoms with E-state index in [9.17, 15) is 0 Å². The third-order valence-corrected chi connectivity index (χ3v) is 1.86. The fraction of sp³-hybridized carbons (Fsp3) is 0.500. The first-order valence-electron chi connectivity index (χ1n) is 4.36. The maximum absolute atomic E-state index is 5.04. The molecule has 0 N–H and O–H groups in total. The van der Waals surface area contributed by atoms with Crippen molar-refractivity contribution in [1.82, 2.24) is 9.88 Å². The van der Waals surface area contributed by atoms with Crippen LogP contribution in [0.1, 0.15) is 5.56 Å². The first-order valence-corrected chi connectivity index (χ1v) is 4.36. The van der Waals surface area contributed by atoms with E-state index >= 15 is 0 Å². The second-order valence-electron chi connectivity index (χ2n) is 3.26. The Hall–Kier alpha value is -1.09. The van der Waals surface area contributed by atoms with Crippen molar-refractivity contribution in [2.45, 2.75) is 6.42 Å². The molecule has 0 saturated heterocycles. The van der Waals surface area contributed by atoms with E-state index in [4.69, 9.17) is 4.74 Å². The van der Waals surface area contributed by atoms with Gasteiger partial charge < -0.3 is 9.64 Å². The fourth-order valence-electron chi connectivity index (χ4n) is 1.07. The minimum Gasteiger partial charge on any atom is -0.481 e. The summed E-state index contributed by atoms with van der Waals surface area (Å²) in [6, 6.07) is 4.00. The van der Waals surface area contributed by atoms with Crippen LogP contribution in [-0.4, -0.2) is 37.6 Å². The van der Waals surface area contributed by atoms with Crippen molar-refractivity contribution in [2.24, 2.45) is 0 Å². The molecule has 0 bridgehead atoms. The lowest BCUT2D eigenvalue weighted by molar-refractivity contribution is 0.394. The van der Waals surface area contributed by atoms with Gasteiger partial charge >= 0.3 is 0 Å². The van der Waals surface area contributed by atoms with E-state index in [2.05, 4.69) is 24.0 Å². The molecule has 0 radical (unpaired) electrons. The Morgan fingerprint density at radius 1 is 1.46 bits per heavy atom. The van der Waals surface area contributed by atoms with Gasteiger partial charge in [-0.3, -0.25) is 0 Å². The van der Waals surface area contributed by atoms with Crippen LogP contribution in [0.3, 0.4) is 0 Å². The van der Waals surface area contributed by atoms with Gasteiger partial charge in [0.1, 0.15) is 0 Å². The molecule has 0 saturated carbocycles. The standard InChI is InChI=1S/C10H16N2O/c1-12(2)7-5-9-4-6-11-10(8-9)13-3/h4,6,8H,5,7H2,1-3H3. The molecule has 13 heavy (non-hydrogen) atoms. The summed E-state index contributed by atoms with van der Waals surface area (Å²) in [4.78, 5) is 6.21. The summed E-state index contributed by atoms with van der Waals surface area (Å²) in [5, 5.41) is 0. The van der Waals surface area contributed by atoms with Crippen LogP contribution in [0.4, 0.5) is 0 Å². The molecule has 0 aromatic carbocycles. The number of nitrogens with zero attached hydrogens (tertiary/aromatic N) is 2. The van der Waals surface area contributed by atoms with Gasteiger partial charge in [-0.1, -0.05) is 0 Å². The first-order chi connectivity index (χ1) is 6.22. The summed E-state index contributed by atoms with van der Waals surface area (Å²) >= 11 is 0. The van der Waals surface area contributed by atoms with Crippen LogP contribution >= 0.6 is 0 Å². The second kappa shape index (κ2) is 4.82. The first kappa shape index (κ1) is 9.99. The molecule has 1 aromatic heterocycles. The summed E-state index contributed by atoms with van der Waals surface area (Å²) in [7, 11) is 5.77. The number of hydrogen-bond acceptors (Lipinski definition) is 3. The molecule has 3 heteroatoms. The molecule has 0 spiro atoms. The maximum Gasteiger partial charge on any atom is 0.213 e. The monoisotopic (exact) mass is 180 g/mol. The summed E-state index contributed by atoms with van der Waals surface area (Å²) < 4.78 is 5.04. The number of rotatable bonds is 4. The Labute approximate surface area is 79.3 Å². The predicted octanol–water partition coefficient (Wildman–Crippen LogP) is 1.19. The van der Waals surface area contributed by atoms with Crippen LogP contribution in [-0.2, 0) is 6.42 Å². The zero-order valence-corrected chi connectivity index (χ0v) is 8.45. The summed E-state index contributed by atoms with van der Waals surface area (Å²) in [6.07, 6.45) is 2.82. The SMILES string of the molecule is COc1cc(CCN(C)C)ccn1. The molecule has 0 aliphatic carbocycles. The van der Waals surface area contributed by atoms with Crippen molar-refractivity contribution in [1.29, 1.82) is 0 Å². The maximum atomic E-state index is 5.04. The van der Waals surface area contributed by atoms with Crippen molar-refractivity contribution >= 4 is 0 Å². The number of pyridine rings is 1. The van der Waals surface area contributed by atoms with Crippen LogP contribution in [0.25, 0.3) is 0 Å². The molecule has 0 atom stereocenters. The highest BCUT2D eigenvalue weighted by Gasteiger charge is 1.97. The van der Waals surface area contributed by atoms with E-state index < -0.39 is 0 Å². The highest BCUT2D eigenvalue weighted by molar-refractivity contribution is 5.20. The average Bonchev–Trinajstić information content (AvgIpc) is 2.15. The van der Waals surface area contributed by atoms with Crippen molar-refractivity contribution in [2.75, 3.05) is 27.7 Å². The van der Waals surface area contributed by atoms with E-state index in [0.717, 1.165) is 13.0 Å². The molecule has 0 aliphatic rings. The van der Waals surface area contributed by atoms with Crippen LogP contribution in [0.5, 0.6) is 5.88 Å². The summed E-state index contributed by atoms with van der Waals surface area (Å²) in [5.41, 5.74) is 1.26. The molecule has 3 nitrogen and oxygen atoms in total. The van der Waals surface area contributed by atoms with Gasteiger partial charge in [0.05, 0.1) is 7.11 Å². The number of aromatic nitrogens is 1. The van der Waals surface area contributed by atoms with E-state index in [1.807, 2.05) is 12.1 Å². The zero-order valence-electron chi connectivity index (χ0n) is 8.45. The van der Waals surface area contributed by atoms with Crippen molar-refractivity contribution in [3.8, 4) is 5.88 Å². The Kier molecular flexibility index (Phi) is 3.71. The third-order valence-electron chi connectivity index (χ3n) is 1.86. The summed E-state index contributed by atoms with van der Waals surface area (Å²) in [6.45, 7) is 1.05. The Bertz CT molecular complexity index is 261. The number of methoxy groups -OCH3 is 1. The van der Waals surface area contributed by atoms with Crippen molar-refractivity contribution < 1.29 is 4.74 Å². The van der Waals surface area contributed by atoms with Crippen LogP contribution in [0, 0.1) is 0 Å². The lowest BCUT2D eigenvalue weighted by atomic mass is 10.2. The van der Waals surface area contributed by atoms with Gasteiger partial charge in [0.15, 0.2) is 0 Å². The van der Waals surface area contributed by atoms with E-state index in [1.54, 1.807) is 13.3 Å². The third kappa shape index (κ3) is 3.42. The quantitative estimate of drug-likeness (QED) is 0.696. The predicted molar refractivity (Wildman–Crippen MR) is 53.0 cm³/mol. The molecular weight excluding hydrogens is 164 g/mol.